The summed E-state index contributed by atoms with van der Waals surface area (Å²) in [4.78, 5) is 43.4. The molecule has 2 amide bonds. The maximum Gasteiger partial charge on any atom is 0.338 e. The number of hydrogen-bond donors (Lipinski definition) is 1. The van der Waals surface area contributed by atoms with Gasteiger partial charge in [0, 0.05) is 18.7 Å². The summed E-state index contributed by atoms with van der Waals surface area (Å²) in [6.45, 7) is 8.44. The number of hydrogen-bond acceptors (Lipinski definition) is 6. The van der Waals surface area contributed by atoms with Crippen molar-refractivity contribution in [2.75, 3.05) is 18.5 Å². The summed E-state index contributed by atoms with van der Waals surface area (Å²) < 4.78 is 4.95. The number of rotatable bonds is 7. The van der Waals surface area contributed by atoms with Crippen LogP contribution in [0, 0.1) is 13.8 Å². The van der Waals surface area contributed by atoms with Gasteiger partial charge in [-0.3, -0.25) is 14.5 Å². The van der Waals surface area contributed by atoms with Gasteiger partial charge in [-0.1, -0.05) is 17.8 Å². The van der Waals surface area contributed by atoms with E-state index in [1.54, 1.807) is 36.1 Å². The lowest BCUT2D eigenvalue weighted by atomic mass is 10.1. The molecule has 1 unspecified atom stereocenters. The first-order chi connectivity index (χ1) is 15.3. The van der Waals surface area contributed by atoms with Gasteiger partial charge in [-0.2, -0.15) is 0 Å². The molecular formula is C24H27N3O4S. The van der Waals surface area contributed by atoms with Gasteiger partial charge in [-0.15, -0.1) is 0 Å². The second-order valence-electron chi connectivity index (χ2n) is 7.48. The number of anilines is 1. The van der Waals surface area contributed by atoms with Crippen LogP contribution < -0.4 is 5.32 Å². The topological polar surface area (TPSA) is 88.1 Å². The maximum absolute atomic E-state index is 12.8. The molecule has 1 fully saturated rings. The van der Waals surface area contributed by atoms with Crippen molar-refractivity contribution in [3.05, 3.63) is 59.2 Å². The van der Waals surface area contributed by atoms with Crippen molar-refractivity contribution < 1.29 is 19.1 Å². The zero-order chi connectivity index (χ0) is 23.3. The highest BCUT2D eigenvalue weighted by atomic mass is 32.2. The molecule has 8 heteroatoms. The number of benzene rings is 2. The number of carbonyl (C=O) groups is 3. The van der Waals surface area contributed by atoms with Crippen molar-refractivity contribution in [3.63, 3.8) is 0 Å². The van der Waals surface area contributed by atoms with Crippen LogP contribution in [0.15, 0.2) is 47.5 Å². The Morgan fingerprint density at radius 1 is 1.09 bits per heavy atom. The number of ether oxygens (including phenoxy) is 1. The van der Waals surface area contributed by atoms with E-state index in [4.69, 9.17) is 4.74 Å². The van der Waals surface area contributed by atoms with Crippen LogP contribution in [0.3, 0.4) is 0 Å². The zero-order valence-electron chi connectivity index (χ0n) is 18.7. The molecule has 0 radical (unpaired) electrons. The molecule has 0 bridgehead atoms. The largest absolute Gasteiger partial charge is 0.462 e. The van der Waals surface area contributed by atoms with E-state index in [1.807, 2.05) is 32.9 Å². The van der Waals surface area contributed by atoms with Gasteiger partial charge in [0.2, 0.25) is 11.8 Å². The van der Waals surface area contributed by atoms with Gasteiger partial charge < -0.3 is 10.1 Å². The Balaban J connectivity index is 1.66. The molecule has 3 rings (SSSR count). The molecule has 1 aliphatic heterocycles. The molecule has 1 aliphatic rings. The Morgan fingerprint density at radius 2 is 1.75 bits per heavy atom. The van der Waals surface area contributed by atoms with Crippen LogP contribution >= 0.6 is 11.8 Å². The maximum atomic E-state index is 12.8. The molecule has 0 spiro atoms. The first kappa shape index (κ1) is 23.5. The minimum Gasteiger partial charge on any atom is -0.462 e. The molecular weight excluding hydrogens is 426 g/mol. The van der Waals surface area contributed by atoms with E-state index in [1.165, 1.54) is 11.8 Å². The number of amides is 2. The van der Waals surface area contributed by atoms with Gasteiger partial charge in [0.25, 0.3) is 0 Å². The van der Waals surface area contributed by atoms with Gasteiger partial charge in [-0.25, -0.2) is 9.79 Å². The fourth-order valence-electron chi connectivity index (χ4n) is 3.43. The quantitative estimate of drug-likeness (QED) is 0.626. The van der Waals surface area contributed by atoms with E-state index in [-0.39, 0.29) is 18.2 Å². The lowest BCUT2D eigenvalue weighted by Gasteiger charge is -2.13. The van der Waals surface area contributed by atoms with Gasteiger partial charge >= 0.3 is 5.97 Å². The summed E-state index contributed by atoms with van der Waals surface area (Å²) in [6, 6.07) is 12.5. The fraction of sp³-hybridized carbons (Fsp3) is 0.333. The molecule has 0 aliphatic carbocycles. The number of nitrogens with zero attached hydrogens (tertiary/aromatic N) is 2. The summed E-state index contributed by atoms with van der Waals surface area (Å²) in [7, 11) is 0. The predicted molar refractivity (Wildman–Crippen MR) is 127 cm³/mol. The van der Waals surface area contributed by atoms with Crippen LogP contribution in [-0.2, 0) is 14.3 Å². The third-order valence-corrected chi connectivity index (χ3v) is 5.99. The molecule has 1 heterocycles. The van der Waals surface area contributed by atoms with Crippen LogP contribution in [-0.4, -0.2) is 46.3 Å². The number of aliphatic imine (C=N–C) groups is 1. The number of nitrogens with one attached hydrogen (secondary N) is 1. The number of thioether (sulfide) groups is 1. The Labute approximate surface area is 192 Å². The van der Waals surface area contributed by atoms with Crippen LogP contribution in [0.1, 0.15) is 41.8 Å². The van der Waals surface area contributed by atoms with Crippen LogP contribution in [0.4, 0.5) is 11.4 Å². The molecule has 168 valence electrons. The normalized spacial score (nSPS) is 17.0. The molecule has 1 N–H and O–H groups in total. The van der Waals surface area contributed by atoms with E-state index in [0.717, 1.165) is 16.8 Å². The second-order valence-corrected chi connectivity index (χ2v) is 8.65. The van der Waals surface area contributed by atoms with Crippen molar-refractivity contribution in [3.8, 4) is 0 Å². The average molecular weight is 454 g/mol. The average Bonchev–Trinajstić information content (AvgIpc) is 3.01. The Hall–Kier alpha value is -3.13. The predicted octanol–water partition coefficient (Wildman–Crippen LogP) is 4.46. The van der Waals surface area contributed by atoms with Crippen LogP contribution in [0.2, 0.25) is 0 Å². The molecule has 7 nitrogen and oxygen atoms in total. The first-order valence-corrected chi connectivity index (χ1v) is 11.4. The van der Waals surface area contributed by atoms with E-state index in [0.29, 0.717) is 29.6 Å². The van der Waals surface area contributed by atoms with Crippen molar-refractivity contribution in [1.29, 1.82) is 0 Å². The number of esters is 1. The third-order valence-electron chi connectivity index (χ3n) is 4.82. The molecule has 1 saturated heterocycles. The van der Waals surface area contributed by atoms with Crippen molar-refractivity contribution >= 4 is 46.1 Å². The first-order valence-electron chi connectivity index (χ1n) is 10.5. The van der Waals surface area contributed by atoms with E-state index in [2.05, 4.69) is 16.4 Å². The summed E-state index contributed by atoms with van der Waals surface area (Å²) in [5.74, 6) is -0.800. The number of carbonyl (C=O) groups excluding carboxylic acids is 3. The summed E-state index contributed by atoms with van der Waals surface area (Å²) >= 11 is 1.31. The second kappa shape index (κ2) is 10.5. The zero-order valence-corrected chi connectivity index (χ0v) is 19.5. The van der Waals surface area contributed by atoms with Gasteiger partial charge in [0.05, 0.1) is 17.9 Å². The number of amidine groups is 1. The van der Waals surface area contributed by atoms with Crippen LogP contribution in [0.25, 0.3) is 0 Å². The smallest absolute Gasteiger partial charge is 0.338 e. The highest BCUT2D eigenvalue weighted by Gasteiger charge is 2.38. The van der Waals surface area contributed by atoms with Crippen molar-refractivity contribution in [2.24, 2.45) is 4.99 Å². The molecule has 2 aromatic rings. The van der Waals surface area contributed by atoms with Gasteiger partial charge in [-0.05, 0) is 75.2 Å². The van der Waals surface area contributed by atoms with Gasteiger partial charge in [0.1, 0.15) is 5.25 Å². The summed E-state index contributed by atoms with van der Waals surface area (Å²) in [5, 5.41) is 2.87. The molecule has 0 saturated carbocycles. The highest BCUT2D eigenvalue weighted by Crippen LogP contribution is 2.32. The minimum atomic E-state index is -0.529. The lowest BCUT2D eigenvalue weighted by molar-refractivity contribution is -0.128. The van der Waals surface area contributed by atoms with E-state index in [9.17, 15) is 14.4 Å². The number of aryl methyl sites for hydroxylation is 2. The minimum absolute atomic E-state index is 0.0332. The fourth-order valence-corrected chi connectivity index (χ4v) is 4.65. The van der Waals surface area contributed by atoms with Crippen molar-refractivity contribution in [2.45, 2.75) is 39.4 Å². The Kier molecular flexibility index (Phi) is 7.69. The van der Waals surface area contributed by atoms with E-state index < -0.39 is 11.2 Å². The standard InChI is InChI=1S/C24H27N3O4S/c1-5-27-22(29)20(32-24(27)26-19-12-15(3)11-16(4)13-19)14-21(28)25-18-9-7-17(8-10-18)23(30)31-6-2/h7-13,20H,5-6,14H2,1-4H3,(H,25,28). The third kappa shape index (κ3) is 5.76. The molecule has 32 heavy (non-hydrogen) atoms. The van der Waals surface area contributed by atoms with E-state index >= 15 is 0 Å². The summed E-state index contributed by atoms with van der Waals surface area (Å²) in [5.41, 5.74) is 3.97. The molecule has 2 aromatic carbocycles. The monoisotopic (exact) mass is 453 g/mol. The Morgan fingerprint density at radius 3 is 2.34 bits per heavy atom. The van der Waals surface area contributed by atoms with Crippen LogP contribution in [0.5, 0.6) is 0 Å². The van der Waals surface area contributed by atoms with Gasteiger partial charge in [0.15, 0.2) is 5.17 Å². The SMILES string of the molecule is CCOC(=O)c1ccc(NC(=O)CC2SC(=Nc3cc(C)cc(C)c3)N(CC)C2=O)cc1. The van der Waals surface area contributed by atoms with Crippen molar-refractivity contribution in [1.82, 2.24) is 4.90 Å². The lowest BCUT2D eigenvalue weighted by Crippen LogP contribution is -2.33. The molecule has 0 aromatic heterocycles. The Bertz CT molecular complexity index is 1030. The molecule has 1 atom stereocenters. The highest BCUT2D eigenvalue weighted by molar-refractivity contribution is 8.15. The summed E-state index contributed by atoms with van der Waals surface area (Å²) in [6.07, 6.45) is 0.0332.